The highest BCUT2D eigenvalue weighted by atomic mass is 79.9. The molecule has 18 heavy (non-hydrogen) atoms. The van der Waals surface area contributed by atoms with Gasteiger partial charge in [0.25, 0.3) is 0 Å². The predicted molar refractivity (Wildman–Crippen MR) is 83.1 cm³/mol. The standard InChI is InChI=1S/C15H16BrOS/c1-10-8-14(18(3)9-11(10)2)15(17)12-4-6-13(16)7-5-12/h4-9,14H,1-3H3/q+1. The van der Waals surface area contributed by atoms with Crippen LogP contribution in [-0.4, -0.2) is 17.3 Å². The van der Waals surface area contributed by atoms with Crippen molar-refractivity contribution in [3.8, 4) is 0 Å². The Morgan fingerprint density at radius 3 is 2.39 bits per heavy atom. The predicted octanol–water partition coefficient (Wildman–Crippen LogP) is 4.11. The fourth-order valence-electron chi connectivity index (χ4n) is 1.93. The first kappa shape index (κ1) is 13.6. The van der Waals surface area contributed by atoms with Gasteiger partial charge in [-0.05, 0) is 43.2 Å². The van der Waals surface area contributed by atoms with Crippen LogP contribution >= 0.6 is 15.9 Å². The summed E-state index contributed by atoms with van der Waals surface area (Å²) in [6.45, 7) is 4.18. The monoisotopic (exact) mass is 323 g/mol. The Bertz CT molecular complexity index is 528. The number of Topliss-reactive ketones (excluding diaryl/α,β-unsaturated/α-hetero) is 1. The molecule has 0 saturated carbocycles. The van der Waals surface area contributed by atoms with E-state index in [0.717, 1.165) is 10.0 Å². The minimum absolute atomic E-state index is 0.00474. The summed E-state index contributed by atoms with van der Waals surface area (Å²) in [4.78, 5) is 12.5. The first-order valence-electron chi connectivity index (χ1n) is 5.79. The second-order valence-electron chi connectivity index (χ2n) is 4.55. The molecule has 0 fully saturated rings. The number of hydrogen-bond acceptors (Lipinski definition) is 1. The van der Waals surface area contributed by atoms with E-state index >= 15 is 0 Å². The molecule has 0 aromatic heterocycles. The summed E-state index contributed by atoms with van der Waals surface area (Å²) in [6.07, 6.45) is 4.25. The third-order valence-electron chi connectivity index (χ3n) is 3.17. The molecule has 0 N–H and O–H groups in total. The van der Waals surface area contributed by atoms with Crippen LogP contribution in [0.25, 0.3) is 0 Å². The van der Waals surface area contributed by atoms with Gasteiger partial charge in [-0.2, -0.15) is 0 Å². The van der Waals surface area contributed by atoms with Gasteiger partial charge in [0, 0.05) is 20.9 Å². The van der Waals surface area contributed by atoms with E-state index in [1.54, 1.807) is 0 Å². The van der Waals surface area contributed by atoms with Gasteiger partial charge in [-0.25, -0.2) is 0 Å². The Balaban J connectivity index is 2.27. The number of ketones is 1. The summed E-state index contributed by atoms with van der Waals surface area (Å²) in [6, 6.07) is 7.61. The highest BCUT2D eigenvalue weighted by Gasteiger charge is 2.33. The number of halogens is 1. The van der Waals surface area contributed by atoms with E-state index in [4.69, 9.17) is 0 Å². The Kier molecular flexibility index (Phi) is 4.13. The van der Waals surface area contributed by atoms with Gasteiger partial charge in [-0.1, -0.05) is 28.1 Å². The van der Waals surface area contributed by atoms with E-state index in [1.165, 1.54) is 11.1 Å². The number of allylic oxidation sites excluding steroid dienone is 2. The molecule has 2 atom stereocenters. The van der Waals surface area contributed by atoms with Gasteiger partial charge in [-0.3, -0.25) is 4.79 Å². The van der Waals surface area contributed by atoms with Crippen LogP contribution < -0.4 is 0 Å². The number of hydrogen-bond donors (Lipinski definition) is 0. The quantitative estimate of drug-likeness (QED) is 0.591. The Morgan fingerprint density at radius 1 is 1.17 bits per heavy atom. The van der Waals surface area contributed by atoms with Gasteiger partial charge in [-0.15, -0.1) is 0 Å². The van der Waals surface area contributed by atoms with Crippen molar-refractivity contribution in [2.75, 3.05) is 6.26 Å². The molecular formula is C15H16BrOS+. The third kappa shape index (κ3) is 2.78. The molecule has 0 spiro atoms. The van der Waals surface area contributed by atoms with Crippen molar-refractivity contribution in [1.29, 1.82) is 0 Å². The van der Waals surface area contributed by atoms with Crippen LogP contribution in [-0.2, 0) is 10.9 Å². The summed E-state index contributed by atoms with van der Waals surface area (Å²) < 4.78 is 1.00. The zero-order chi connectivity index (χ0) is 13.3. The average molecular weight is 324 g/mol. The van der Waals surface area contributed by atoms with Crippen LogP contribution in [0.15, 0.2) is 51.4 Å². The Labute approximate surface area is 119 Å². The number of rotatable bonds is 2. The molecule has 1 heterocycles. The number of carbonyl (C=O) groups excluding carboxylic acids is 1. The molecule has 2 rings (SSSR count). The maximum absolute atomic E-state index is 12.5. The summed E-state index contributed by atoms with van der Waals surface area (Å²) in [7, 11) is -0.0144. The summed E-state index contributed by atoms with van der Waals surface area (Å²) >= 11 is 3.39. The molecule has 0 aliphatic carbocycles. The fourth-order valence-corrected chi connectivity index (χ4v) is 3.98. The molecule has 2 unspecified atom stereocenters. The van der Waals surface area contributed by atoms with E-state index in [-0.39, 0.29) is 21.9 Å². The summed E-state index contributed by atoms with van der Waals surface area (Å²) in [5.41, 5.74) is 3.30. The van der Waals surface area contributed by atoms with Gasteiger partial charge in [0.15, 0.2) is 0 Å². The third-order valence-corrected chi connectivity index (χ3v) is 5.58. The van der Waals surface area contributed by atoms with Gasteiger partial charge >= 0.3 is 0 Å². The molecule has 0 bridgehead atoms. The van der Waals surface area contributed by atoms with Crippen LogP contribution in [0.4, 0.5) is 0 Å². The Morgan fingerprint density at radius 2 is 1.78 bits per heavy atom. The molecule has 3 heteroatoms. The molecule has 1 aromatic carbocycles. The lowest BCUT2D eigenvalue weighted by atomic mass is 10.0. The Hall–Kier alpha value is -0.800. The first-order valence-corrected chi connectivity index (χ1v) is 8.35. The number of carbonyl (C=O) groups is 1. The maximum Gasteiger partial charge on any atom is 0.219 e. The molecule has 1 nitrogen and oxygen atoms in total. The topological polar surface area (TPSA) is 17.1 Å². The minimum atomic E-state index is -0.0144. The SMILES string of the molecule is CC1=CC(C(=O)c2ccc(Br)cc2)[S+](C)C=C1C. The van der Waals surface area contributed by atoms with Crippen molar-refractivity contribution in [3.63, 3.8) is 0 Å². The molecular weight excluding hydrogens is 308 g/mol. The lowest BCUT2D eigenvalue weighted by molar-refractivity contribution is 0.1000. The second-order valence-corrected chi connectivity index (χ2v) is 7.42. The van der Waals surface area contributed by atoms with Crippen LogP contribution in [0, 0.1) is 0 Å². The molecule has 1 aromatic rings. The van der Waals surface area contributed by atoms with Gasteiger partial charge in [0.05, 0.1) is 0 Å². The zero-order valence-corrected chi connectivity index (χ0v) is 13.1. The lowest BCUT2D eigenvalue weighted by Gasteiger charge is -2.16. The minimum Gasteiger partial charge on any atom is -0.288 e. The van der Waals surface area contributed by atoms with E-state index in [9.17, 15) is 4.79 Å². The number of benzene rings is 1. The van der Waals surface area contributed by atoms with Gasteiger partial charge < -0.3 is 0 Å². The molecule has 0 amide bonds. The van der Waals surface area contributed by atoms with Crippen LogP contribution in [0.3, 0.4) is 0 Å². The molecule has 0 radical (unpaired) electrons. The van der Waals surface area contributed by atoms with Crippen LogP contribution in [0.5, 0.6) is 0 Å². The summed E-state index contributed by atoms with van der Waals surface area (Å²) in [5, 5.41) is 2.21. The molecule has 94 valence electrons. The second kappa shape index (κ2) is 5.45. The molecule has 0 saturated heterocycles. The van der Waals surface area contributed by atoms with Crippen molar-refractivity contribution >= 4 is 32.6 Å². The normalized spacial score (nSPS) is 23.3. The van der Waals surface area contributed by atoms with Crippen molar-refractivity contribution in [2.24, 2.45) is 0 Å². The highest BCUT2D eigenvalue weighted by molar-refractivity contribution is 9.10. The van der Waals surface area contributed by atoms with Crippen molar-refractivity contribution < 1.29 is 4.79 Å². The fraction of sp³-hybridized carbons (Fsp3) is 0.267. The van der Waals surface area contributed by atoms with Gasteiger partial charge in [0.1, 0.15) is 11.7 Å². The summed E-state index contributed by atoms with van der Waals surface area (Å²) in [5.74, 6) is 0.219. The van der Waals surface area contributed by atoms with Gasteiger partial charge in [0.2, 0.25) is 11.0 Å². The molecule has 1 aliphatic rings. The maximum atomic E-state index is 12.5. The van der Waals surface area contributed by atoms with E-state index in [2.05, 4.69) is 47.5 Å². The van der Waals surface area contributed by atoms with Crippen molar-refractivity contribution in [2.45, 2.75) is 19.1 Å². The van der Waals surface area contributed by atoms with Crippen molar-refractivity contribution in [3.05, 3.63) is 56.9 Å². The zero-order valence-electron chi connectivity index (χ0n) is 10.7. The van der Waals surface area contributed by atoms with Crippen LogP contribution in [0.2, 0.25) is 0 Å². The first-order chi connectivity index (χ1) is 8.49. The van der Waals surface area contributed by atoms with Crippen molar-refractivity contribution in [1.82, 2.24) is 0 Å². The average Bonchev–Trinajstić information content (AvgIpc) is 2.34. The smallest absolute Gasteiger partial charge is 0.219 e. The van der Waals surface area contributed by atoms with E-state index in [1.807, 2.05) is 24.3 Å². The largest absolute Gasteiger partial charge is 0.288 e. The van der Waals surface area contributed by atoms with E-state index < -0.39 is 0 Å². The van der Waals surface area contributed by atoms with Crippen LogP contribution in [0.1, 0.15) is 24.2 Å². The molecule has 1 aliphatic heterocycles. The lowest BCUT2D eigenvalue weighted by Crippen LogP contribution is -2.29. The van der Waals surface area contributed by atoms with E-state index in [0.29, 0.717) is 0 Å². The highest BCUT2D eigenvalue weighted by Crippen LogP contribution is 2.25.